The van der Waals surface area contributed by atoms with Gasteiger partial charge in [-0.1, -0.05) is 96.2 Å². The van der Waals surface area contributed by atoms with Crippen molar-refractivity contribution in [2.45, 2.75) is 32.6 Å². The summed E-state index contributed by atoms with van der Waals surface area (Å²) in [4.78, 5) is 5.04. The van der Waals surface area contributed by atoms with Crippen molar-refractivity contribution in [2.75, 3.05) is 13.2 Å². The first-order valence-electron chi connectivity index (χ1n) is 12.1. The van der Waals surface area contributed by atoms with Gasteiger partial charge in [-0.15, -0.1) is 5.10 Å². The summed E-state index contributed by atoms with van der Waals surface area (Å²) in [5.41, 5.74) is 4.34. The minimum atomic E-state index is -3.61. The maximum absolute atomic E-state index is 14.0. The molecule has 3 aromatic carbocycles. The first-order chi connectivity index (χ1) is 17.6. The maximum atomic E-state index is 14.0. The number of hydrogen-bond donors (Lipinski definition) is 0. The summed E-state index contributed by atoms with van der Waals surface area (Å²) in [6, 6.07) is 29.8. The molecule has 0 aliphatic rings. The lowest BCUT2D eigenvalue weighted by Crippen LogP contribution is -2.18. The third-order valence-corrected chi connectivity index (χ3v) is 7.79. The SMILES string of the molecule is CCOP(=O)(OCC)C(Cc1cn(Cc2ccccc2)nn1)N=C(c1ccccc1)c1ccccc1. The summed E-state index contributed by atoms with van der Waals surface area (Å²) >= 11 is 0. The standard InChI is InChI=1S/C28H31N4O3P/c1-3-34-36(33,35-4-2)27(20-26-22-32(31-30-26)21-23-14-8-5-9-15-23)29-28(24-16-10-6-11-17-24)25-18-12-7-13-19-25/h5-19,22,27H,3-4,20-21H2,1-2H3. The Hall–Kier alpha value is -3.38. The molecule has 36 heavy (non-hydrogen) atoms. The van der Waals surface area contributed by atoms with Gasteiger partial charge in [-0.3, -0.25) is 9.56 Å². The van der Waals surface area contributed by atoms with Crippen molar-refractivity contribution >= 4 is 13.3 Å². The van der Waals surface area contributed by atoms with Gasteiger partial charge in [0.2, 0.25) is 0 Å². The first kappa shape index (κ1) is 25.7. The van der Waals surface area contributed by atoms with E-state index in [-0.39, 0.29) is 19.6 Å². The maximum Gasteiger partial charge on any atom is 0.355 e. The Morgan fingerprint density at radius 1 is 0.861 bits per heavy atom. The van der Waals surface area contributed by atoms with Crippen molar-refractivity contribution in [1.82, 2.24) is 15.0 Å². The summed E-state index contributed by atoms with van der Waals surface area (Å²) in [5, 5.41) is 8.63. The highest BCUT2D eigenvalue weighted by Gasteiger charge is 2.37. The van der Waals surface area contributed by atoms with Crippen LogP contribution in [0.4, 0.5) is 0 Å². The molecule has 8 heteroatoms. The van der Waals surface area contributed by atoms with Crippen molar-refractivity contribution in [3.63, 3.8) is 0 Å². The third-order valence-electron chi connectivity index (χ3n) is 5.52. The molecule has 0 aliphatic carbocycles. The van der Waals surface area contributed by atoms with Gasteiger partial charge in [0.25, 0.3) is 0 Å². The zero-order valence-electron chi connectivity index (χ0n) is 20.6. The van der Waals surface area contributed by atoms with E-state index >= 15 is 0 Å². The fraction of sp³-hybridized carbons (Fsp3) is 0.250. The highest BCUT2D eigenvalue weighted by molar-refractivity contribution is 7.54. The molecule has 0 saturated carbocycles. The monoisotopic (exact) mass is 502 g/mol. The highest BCUT2D eigenvalue weighted by atomic mass is 31.2. The van der Waals surface area contributed by atoms with E-state index in [9.17, 15) is 4.57 Å². The van der Waals surface area contributed by atoms with Crippen molar-refractivity contribution < 1.29 is 13.6 Å². The van der Waals surface area contributed by atoms with Gasteiger partial charge in [-0.05, 0) is 19.4 Å². The van der Waals surface area contributed by atoms with Gasteiger partial charge in [-0.2, -0.15) is 0 Å². The van der Waals surface area contributed by atoms with E-state index in [0.29, 0.717) is 12.2 Å². The number of aromatic nitrogens is 3. The third kappa shape index (κ3) is 6.64. The van der Waals surface area contributed by atoms with Crippen LogP contribution in [0, 0.1) is 0 Å². The first-order valence-corrected chi connectivity index (χ1v) is 13.7. The van der Waals surface area contributed by atoms with Crippen molar-refractivity contribution in [3.05, 3.63) is 120 Å². The molecule has 0 bridgehead atoms. The molecule has 0 aliphatic heterocycles. The molecule has 7 nitrogen and oxygen atoms in total. The summed E-state index contributed by atoms with van der Waals surface area (Å²) < 4.78 is 27.3. The Bertz CT molecular complexity index is 1240. The van der Waals surface area contributed by atoms with Gasteiger partial charge in [-0.25, -0.2) is 4.68 Å². The smallest absolute Gasteiger partial charge is 0.307 e. The lowest BCUT2D eigenvalue weighted by Gasteiger charge is -2.24. The molecule has 0 spiro atoms. The molecular weight excluding hydrogens is 471 g/mol. The Morgan fingerprint density at radius 3 is 1.92 bits per heavy atom. The minimum Gasteiger partial charge on any atom is -0.307 e. The highest BCUT2D eigenvalue weighted by Crippen LogP contribution is 2.54. The van der Waals surface area contributed by atoms with Crippen LogP contribution in [0.25, 0.3) is 0 Å². The van der Waals surface area contributed by atoms with Gasteiger partial charge < -0.3 is 9.05 Å². The second-order valence-electron chi connectivity index (χ2n) is 8.16. The number of hydrogen-bond acceptors (Lipinski definition) is 6. The Morgan fingerprint density at radius 2 is 1.39 bits per heavy atom. The summed E-state index contributed by atoms with van der Waals surface area (Å²) in [6.07, 6.45) is 2.12. The number of benzene rings is 3. The summed E-state index contributed by atoms with van der Waals surface area (Å²) in [6.45, 7) is 4.69. The van der Waals surface area contributed by atoms with Gasteiger partial charge in [0.1, 0.15) is 0 Å². The number of aliphatic imine (C=N–C) groups is 1. The van der Waals surface area contributed by atoms with Crippen molar-refractivity contribution in [2.24, 2.45) is 4.99 Å². The van der Waals surface area contributed by atoms with Crippen LogP contribution in [0.2, 0.25) is 0 Å². The zero-order chi connectivity index (χ0) is 25.2. The fourth-order valence-electron chi connectivity index (χ4n) is 3.92. The zero-order valence-corrected chi connectivity index (χ0v) is 21.5. The van der Waals surface area contributed by atoms with Gasteiger partial charge in [0, 0.05) is 23.7 Å². The second kappa shape index (κ2) is 12.5. The van der Waals surface area contributed by atoms with E-state index < -0.39 is 13.4 Å². The molecule has 1 unspecified atom stereocenters. The quantitative estimate of drug-likeness (QED) is 0.175. The van der Waals surface area contributed by atoms with Crippen LogP contribution < -0.4 is 0 Å². The van der Waals surface area contributed by atoms with E-state index in [1.54, 1.807) is 18.5 Å². The lowest BCUT2D eigenvalue weighted by molar-refractivity contribution is 0.212. The van der Waals surface area contributed by atoms with Crippen LogP contribution in [0.15, 0.2) is 102 Å². The molecule has 0 fully saturated rings. The molecule has 4 aromatic rings. The molecule has 1 aromatic heterocycles. The van der Waals surface area contributed by atoms with Gasteiger partial charge in [0.15, 0.2) is 5.78 Å². The Balaban J connectivity index is 1.73. The predicted molar refractivity (Wildman–Crippen MR) is 142 cm³/mol. The number of rotatable bonds is 12. The van der Waals surface area contributed by atoms with Crippen LogP contribution in [0.5, 0.6) is 0 Å². The Labute approximate surface area is 212 Å². The van der Waals surface area contributed by atoms with Crippen LogP contribution >= 0.6 is 7.60 Å². The summed E-state index contributed by atoms with van der Waals surface area (Å²) in [7, 11) is -3.61. The predicted octanol–water partition coefficient (Wildman–Crippen LogP) is 6.00. The van der Waals surface area contributed by atoms with E-state index in [2.05, 4.69) is 10.3 Å². The largest absolute Gasteiger partial charge is 0.355 e. The second-order valence-corrected chi connectivity index (χ2v) is 10.4. The van der Waals surface area contributed by atoms with E-state index in [1.807, 2.05) is 97.2 Å². The average molecular weight is 503 g/mol. The summed E-state index contributed by atoms with van der Waals surface area (Å²) in [5.74, 6) is -0.797. The number of nitrogens with zero attached hydrogens (tertiary/aromatic N) is 4. The fourth-order valence-corrected chi connectivity index (χ4v) is 5.73. The average Bonchev–Trinajstić information content (AvgIpc) is 3.35. The van der Waals surface area contributed by atoms with Gasteiger partial charge in [0.05, 0.1) is 31.2 Å². The van der Waals surface area contributed by atoms with Gasteiger partial charge >= 0.3 is 7.60 Å². The molecule has 4 rings (SSSR count). The minimum absolute atomic E-state index is 0.246. The molecular formula is C28H31N4O3P. The van der Waals surface area contributed by atoms with E-state index in [4.69, 9.17) is 14.0 Å². The van der Waals surface area contributed by atoms with E-state index in [1.165, 1.54) is 0 Å². The van der Waals surface area contributed by atoms with Crippen LogP contribution in [0.1, 0.15) is 36.2 Å². The van der Waals surface area contributed by atoms with E-state index in [0.717, 1.165) is 22.4 Å². The normalized spacial score (nSPS) is 12.3. The molecule has 0 saturated heterocycles. The van der Waals surface area contributed by atoms with Crippen LogP contribution in [-0.2, 0) is 26.6 Å². The molecule has 186 valence electrons. The molecule has 1 heterocycles. The molecule has 0 radical (unpaired) electrons. The van der Waals surface area contributed by atoms with Crippen LogP contribution in [0.3, 0.4) is 0 Å². The molecule has 1 atom stereocenters. The van der Waals surface area contributed by atoms with Crippen molar-refractivity contribution in [3.8, 4) is 0 Å². The Kier molecular flexibility index (Phi) is 8.95. The van der Waals surface area contributed by atoms with Crippen LogP contribution in [-0.4, -0.2) is 39.7 Å². The molecule has 0 N–H and O–H groups in total. The van der Waals surface area contributed by atoms with Crippen molar-refractivity contribution in [1.29, 1.82) is 0 Å². The lowest BCUT2D eigenvalue weighted by atomic mass is 10.0. The topological polar surface area (TPSA) is 78.6 Å². The molecule has 0 amide bonds.